The lowest BCUT2D eigenvalue weighted by Crippen LogP contribution is -2.13. The first-order valence-electron chi connectivity index (χ1n) is 8.09. The Morgan fingerprint density at radius 2 is 1.92 bits per heavy atom. The fourth-order valence-corrected chi connectivity index (χ4v) is 3.11. The summed E-state index contributed by atoms with van der Waals surface area (Å²) in [4.78, 5) is 12.5. The van der Waals surface area contributed by atoms with E-state index in [1.165, 1.54) is 30.4 Å². The van der Waals surface area contributed by atoms with Crippen LogP contribution >= 0.6 is 0 Å². The van der Waals surface area contributed by atoms with Crippen molar-refractivity contribution in [3.8, 4) is 11.5 Å². The summed E-state index contributed by atoms with van der Waals surface area (Å²) in [6.07, 6.45) is 5.89. The van der Waals surface area contributed by atoms with Gasteiger partial charge in [-0.15, -0.1) is 10.2 Å². The van der Waals surface area contributed by atoms with Crippen LogP contribution in [0.3, 0.4) is 0 Å². The van der Waals surface area contributed by atoms with Crippen LogP contribution in [-0.4, -0.2) is 16.1 Å². The molecule has 0 aliphatic heterocycles. The third-order valence-electron chi connectivity index (χ3n) is 4.34. The molecule has 0 unspecified atom stereocenters. The Morgan fingerprint density at radius 3 is 2.75 bits per heavy atom. The maximum Gasteiger partial charge on any atom is 0.255 e. The molecule has 1 N–H and O–H groups in total. The van der Waals surface area contributed by atoms with Gasteiger partial charge in [0.15, 0.2) is 0 Å². The van der Waals surface area contributed by atoms with Crippen molar-refractivity contribution in [2.45, 2.75) is 25.7 Å². The highest BCUT2D eigenvalue weighted by Gasteiger charge is 2.13. The topological polar surface area (TPSA) is 68.0 Å². The molecule has 1 amide bonds. The van der Waals surface area contributed by atoms with Gasteiger partial charge in [-0.25, -0.2) is 0 Å². The number of nitrogens with one attached hydrogen (secondary N) is 1. The number of rotatable bonds is 3. The number of anilines is 1. The van der Waals surface area contributed by atoms with Gasteiger partial charge in [0.2, 0.25) is 12.3 Å². The maximum atomic E-state index is 12.5. The monoisotopic (exact) mass is 319 g/mol. The van der Waals surface area contributed by atoms with E-state index in [1.807, 2.05) is 36.4 Å². The van der Waals surface area contributed by atoms with Gasteiger partial charge in [0.05, 0.1) is 0 Å². The molecule has 5 nitrogen and oxygen atoms in total. The zero-order valence-electron chi connectivity index (χ0n) is 13.2. The van der Waals surface area contributed by atoms with Crippen molar-refractivity contribution in [2.75, 3.05) is 5.32 Å². The van der Waals surface area contributed by atoms with E-state index in [1.54, 1.807) is 0 Å². The van der Waals surface area contributed by atoms with Crippen LogP contribution in [0.1, 0.15) is 34.3 Å². The summed E-state index contributed by atoms with van der Waals surface area (Å²) < 4.78 is 5.19. The Hall–Kier alpha value is -2.95. The van der Waals surface area contributed by atoms with Crippen molar-refractivity contribution < 1.29 is 9.21 Å². The first-order chi connectivity index (χ1) is 11.8. The molecule has 0 saturated heterocycles. The Morgan fingerprint density at radius 1 is 1.04 bits per heavy atom. The molecule has 0 atom stereocenters. The van der Waals surface area contributed by atoms with Crippen molar-refractivity contribution in [2.24, 2.45) is 0 Å². The SMILES string of the molecule is O=C(Nc1cccc(-c2nnco2)c1)c1ccc2c(c1)CCCC2. The van der Waals surface area contributed by atoms with Crippen LogP contribution in [0.4, 0.5) is 5.69 Å². The second kappa shape index (κ2) is 6.28. The quantitative estimate of drug-likeness (QED) is 0.796. The summed E-state index contributed by atoms with van der Waals surface area (Å²) in [6, 6.07) is 13.4. The van der Waals surface area contributed by atoms with Gasteiger partial charge in [-0.1, -0.05) is 12.1 Å². The zero-order valence-corrected chi connectivity index (χ0v) is 13.2. The van der Waals surface area contributed by atoms with E-state index >= 15 is 0 Å². The molecule has 5 heteroatoms. The second-order valence-corrected chi connectivity index (χ2v) is 5.97. The average Bonchev–Trinajstić information content (AvgIpc) is 3.16. The number of carbonyl (C=O) groups excluding carboxylic acids is 1. The van der Waals surface area contributed by atoms with Crippen molar-refractivity contribution in [3.05, 3.63) is 65.5 Å². The minimum absolute atomic E-state index is 0.106. The Labute approximate surface area is 139 Å². The highest BCUT2D eigenvalue weighted by atomic mass is 16.4. The molecular formula is C19H17N3O2. The predicted molar refractivity (Wildman–Crippen MR) is 90.8 cm³/mol. The normalized spacial score (nSPS) is 13.3. The summed E-state index contributed by atoms with van der Waals surface area (Å²) in [5.41, 5.74) is 4.84. The molecular weight excluding hydrogens is 302 g/mol. The Bertz CT molecular complexity index is 872. The number of amides is 1. The van der Waals surface area contributed by atoms with Crippen molar-refractivity contribution >= 4 is 11.6 Å². The van der Waals surface area contributed by atoms with Crippen LogP contribution in [0.2, 0.25) is 0 Å². The third-order valence-corrected chi connectivity index (χ3v) is 4.34. The van der Waals surface area contributed by atoms with Gasteiger partial charge in [0.1, 0.15) is 0 Å². The maximum absolute atomic E-state index is 12.5. The number of aromatic nitrogens is 2. The summed E-state index contributed by atoms with van der Waals surface area (Å²) in [7, 11) is 0. The molecule has 0 fully saturated rings. The smallest absolute Gasteiger partial charge is 0.255 e. The summed E-state index contributed by atoms with van der Waals surface area (Å²) in [6.45, 7) is 0. The summed E-state index contributed by atoms with van der Waals surface area (Å²) in [5, 5.41) is 10.5. The molecule has 1 aromatic heterocycles. The van der Waals surface area contributed by atoms with E-state index < -0.39 is 0 Å². The molecule has 0 radical (unpaired) electrons. The van der Waals surface area contributed by atoms with Crippen LogP contribution in [0.5, 0.6) is 0 Å². The van der Waals surface area contributed by atoms with Crippen molar-refractivity contribution in [3.63, 3.8) is 0 Å². The molecule has 3 aromatic rings. The molecule has 1 aliphatic rings. The Balaban J connectivity index is 1.55. The lowest BCUT2D eigenvalue weighted by atomic mass is 9.90. The van der Waals surface area contributed by atoms with E-state index in [2.05, 4.69) is 21.6 Å². The van der Waals surface area contributed by atoms with Crippen LogP contribution in [0.25, 0.3) is 11.5 Å². The van der Waals surface area contributed by atoms with Gasteiger partial charge < -0.3 is 9.73 Å². The van der Waals surface area contributed by atoms with Gasteiger partial charge >= 0.3 is 0 Å². The lowest BCUT2D eigenvalue weighted by Gasteiger charge is -2.16. The minimum atomic E-state index is -0.106. The van der Waals surface area contributed by atoms with Gasteiger partial charge in [0, 0.05) is 16.8 Å². The molecule has 4 rings (SSSR count). The van der Waals surface area contributed by atoms with Crippen LogP contribution in [0.15, 0.2) is 53.3 Å². The first-order valence-corrected chi connectivity index (χ1v) is 8.09. The van der Waals surface area contributed by atoms with Crippen LogP contribution in [-0.2, 0) is 12.8 Å². The number of hydrogen-bond acceptors (Lipinski definition) is 4. The van der Waals surface area contributed by atoms with Gasteiger partial charge in [-0.3, -0.25) is 4.79 Å². The molecule has 0 spiro atoms. The van der Waals surface area contributed by atoms with Gasteiger partial charge in [-0.05, 0) is 67.1 Å². The molecule has 24 heavy (non-hydrogen) atoms. The predicted octanol–water partition coefficient (Wildman–Crippen LogP) is 3.87. The molecule has 0 saturated carbocycles. The molecule has 0 bridgehead atoms. The first kappa shape index (κ1) is 14.6. The third kappa shape index (κ3) is 2.93. The number of hydrogen-bond donors (Lipinski definition) is 1. The van der Waals surface area contributed by atoms with E-state index in [0.717, 1.165) is 18.4 Å². The van der Waals surface area contributed by atoms with Crippen LogP contribution in [0, 0.1) is 0 Å². The zero-order chi connectivity index (χ0) is 16.4. The summed E-state index contributed by atoms with van der Waals surface area (Å²) >= 11 is 0. The molecule has 1 aliphatic carbocycles. The fourth-order valence-electron chi connectivity index (χ4n) is 3.11. The number of benzene rings is 2. The second-order valence-electron chi connectivity index (χ2n) is 5.97. The minimum Gasteiger partial charge on any atom is -0.423 e. The fraction of sp³-hybridized carbons (Fsp3) is 0.211. The lowest BCUT2D eigenvalue weighted by molar-refractivity contribution is 0.102. The highest BCUT2D eigenvalue weighted by molar-refractivity contribution is 6.04. The van der Waals surface area contributed by atoms with Crippen LogP contribution < -0.4 is 5.32 Å². The number of fused-ring (bicyclic) bond motifs is 1. The molecule has 2 aromatic carbocycles. The number of aryl methyl sites for hydroxylation is 2. The Kier molecular flexibility index (Phi) is 3.83. The number of nitrogens with zero attached hydrogens (tertiary/aromatic N) is 2. The molecule has 1 heterocycles. The van der Waals surface area contributed by atoms with Crippen molar-refractivity contribution in [1.29, 1.82) is 0 Å². The van der Waals surface area contributed by atoms with E-state index in [4.69, 9.17) is 4.42 Å². The molecule has 120 valence electrons. The van der Waals surface area contributed by atoms with E-state index in [9.17, 15) is 4.79 Å². The number of carbonyl (C=O) groups is 1. The van der Waals surface area contributed by atoms with E-state index in [0.29, 0.717) is 17.1 Å². The van der Waals surface area contributed by atoms with Crippen molar-refractivity contribution in [1.82, 2.24) is 10.2 Å². The van der Waals surface area contributed by atoms with E-state index in [-0.39, 0.29) is 5.91 Å². The largest absolute Gasteiger partial charge is 0.423 e. The standard InChI is InChI=1S/C19H17N3O2/c23-18(15-9-8-13-4-1-2-5-14(13)10-15)21-17-7-3-6-16(11-17)19-22-20-12-24-19/h3,6-12H,1-2,4-5H2,(H,21,23). The highest BCUT2D eigenvalue weighted by Crippen LogP contribution is 2.24. The van der Waals surface area contributed by atoms with Gasteiger partial charge in [0.25, 0.3) is 5.91 Å². The average molecular weight is 319 g/mol. The van der Waals surface area contributed by atoms with Gasteiger partial charge in [-0.2, -0.15) is 0 Å². The summed E-state index contributed by atoms with van der Waals surface area (Å²) in [5.74, 6) is 0.325.